The highest BCUT2D eigenvalue weighted by atomic mass is 16.4. The number of carboxylic acid groups (broad SMARTS) is 2. The average Bonchev–Trinajstić information content (AvgIpc) is 2.83. The normalized spacial score (nSPS) is 15.0. The number of carbonyl (C=O) groups is 5. The lowest BCUT2D eigenvalue weighted by atomic mass is 9.96. The summed E-state index contributed by atoms with van der Waals surface area (Å²) >= 11 is 0. The number of nitrogens with two attached hydrogens (primary N) is 1. The minimum Gasteiger partial charge on any atom is -0.508 e. The predicted octanol–water partition coefficient (Wildman–Crippen LogP) is -1.30. The summed E-state index contributed by atoms with van der Waals surface area (Å²) in [6.07, 6.45) is -0.100. The molecule has 3 amide bonds. The molecule has 5 atom stereocenters. The van der Waals surface area contributed by atoms with Gasteiger partial charge in [-0.1, -0.05) is 32.4 Å². The Morgan fingerprint density at radius 2 is 1.50 bits per heavy atom. The summed E-state index contributed by atoms with van der Waals surface area (Å²) in [6.45, 7) is 2.59. The number of aliphatic hydroxyl groups excluding tert-OH is 1. The van der Waals surface area contributed by atoms with Gasteiger partial charge in [-0.3, -0.25) is 19.2 Å². The summed E-state index contributed by atoms with van der Waals surface area (Å²) in [5.74, 6) is -5.37. The molecule has 0 aromatic heterocycles. The fraction of sp³-hybridized carbons (Fsp3) is 0.522. The molecule has 1 aromatic rings. The molecule has 200 valence electrons. The summed E-state index contributed by atoms with van der Waals surface area (Å²) in [5.41, 5.74) is 6.28. The van der Waals surface area contributed by atoms with Crippen LogP contribution >= 0.6 is 0 Å². The number of aromatic hydroxyl groups is 1. The lowest BCUT2D eigenvalue weighted by Gasteiger charge is -2.28. The van der Waals surface area contributed by atoms with Gasteiger partial charge in [0, 0.05) is 12.8 Å². The largest absolute Gasteiger partial charge is 0.508 e. The third kappa shape index (κ3) is 9.88. The maximum Gasteiger partial charge on any atom is 0.328 e. The molecule has 0 heterocycles. The van der Waals surface area contributed by atoms with Gasteiger partial charge in [0.05, 0.1) is 12.6 Å². The highest BCUT2D eigenvalue weighted by Gasteiger charge is 2.32. The standard InChI is InChI=1S/C23H34N4O9/c1-3-12(2)19(27-20(32)15(24)8-9-18(30)31)22(34)25-16(10-13-4-6-14(29)7-5-13)21(33)26-17(11-28)23(35)36/h4-7,12,15-17,19,28-29H,3,8-11,24H2,1-2H3,(H,25,34)(H,26,33)(H,27,32)(H,30,31)(H,35,36). The van der Waals surface area contributed by atoms with Crippen LogP contribution < -0.4 is 21.7 Å². The number of hydrogen-bond acceptors (Lipinski definition) is 8. The van der Waals surface area contributed by atoms with Crippen LogP contribution in [-0.2, 0) is 30.4 Å². The van der Waals surface area contributed by atoms with Crippen molar-refractivity contribution in [2.45, 2.75) is 63.7 Å². The number of benzene rings is 1. The maximum absolute atomic E-state index is 13.2. The molecule has 0 aliphatic carbocycles. The van der Waals surface area contributed by atoms with Crippen LogP contribution in [0.2, 0.25) is 0 Å². The molecule has 36 heavy (non-hydrogen) atoms. The first-order valence-corrected chi connectivity index (χ1v) is 11.4. The van der Waals surface area contributed by atoms with E-state index in [0.717, 1.165) is 0 Å². The third-order valence-electron chi connectivity index (χ3n) is 5.61. The van der Waals surface area contributed by atoms with Crippen LogP contribution in [0.3, 0.4) is 0 Å². The zero-order valence-corrected chi connectivity index (χ0v) is 20.1. The lowest BCUT2D eigenvalue weighted by molar-refractivity contribution is -0.143. The molecule has 1 aromatic carbocycles. The smallest absolute Gasteiger partial charge is 0.328 e. The summed E-state index contributed by atoms with van der Waals surface area (Å²) in [6, 6.07) is 0.587. The van der Waals surface area contributed by atoms with Crippen LogP contribution in [0.1, 0.15) is 38.7 Å². The summed E-state index contributed by atoms with van der Waals surface area (Å²) in [5, 5.41) is 43.8. The molecule has 5 unspecified atom stereocenters. The highest BCUT2D eigenvalue weighted by Crippen LogP contribution is 2.13. The van der Waals surface area contributed by atoms with Gasteiger partial charge >= 0.3 is 11.9 Å². The number of amides is 3. The van der Waals surface area contributed by atoms with Crippen molar-refractivity contribution in [3.63, 3.8) is 0 Å². The van der Waals surface area contributed by atoms with Crippen LogP contribution in [0.15, 0.2) is 24.3 Å². The molecule has 0 aliphatic rings. The van der Waals surface area contributed by atoms with Crippen LogP contribution in [0.4, 0.5) is 0 Å². The zero-order chi connectivity index (χ0) is 27.4. The third-order valence-corrected chi connectivity index (χ3v) is 5.61. The van der Waals surface area contributed by atoms with E-state index < -0.39 is 66.4 Å². The molecule has 13 nitrogen and oxygen atoms in total. The van der Waals surface area contributed by atoms with E-state index in [1.165, 1.54) is 24.3 Å². The summed E-state index contributed by atoms with van der Waals surface area (Å²) in [4.78, 5) is 60.5. The number of phenolic OH excluding ortho intramolecular Hbond substituents is 1. The number of aliphatic hydroxyl groups is 1. The molecular formula is C23H34N4O9. The van der Waals surface area contributed by atoms with Crippen molar-refractivity contribution < 1.29 is 44.4 Å². The first-order chi connectivity index (χ1) is 16.9. The van der Waals surface area contributed by atoms with Crippen molar-refractivity contribution in [2.24, 2.45) is 11.7 Å². The predicted molar refractivity (Wildman–Crippen MR) is 127 cm³/mol. The second kappa shape index (κ2) is 14.6. The van der Waals surface area contributed by atoms with Crippen LogP contribution in [0.5, 0.6) is 5.75 Å². The second-order valence-corrected chi connectivity index (χ2v) is 8.42. The average molecular weight is 511 g/mol. The highest BCUT2D eigenvalue weighted by molar-refractivity contribution is 5.94. The first kappa shape index (κ1) is 30.3. The Balaban J connectivity index is 3.11. The Bertz CT molecular complexity index is 923. The molecule has 0 fully saturated rings. The van der Waals surface area contributed by atoms with E-state index >= 15 is 0 Å². The molecule has 1 rings (SSSR count). The number of carboxylic acids is 2. The van der Waals surface area contributed by atoms with Gasteiger partial charge in [0.15, 0.2) is 0 Å². The fourth-order valence-electron chi connectivity index (χ4n) is 3.17. The molecule has 0 bridgehead atoms. The Hall–Kier alpha value is -3.71. The van der Waals surface area contributed by atoms with Crippen molar-refractivity contribution in [2.75, 3.05) is 6.61 Å². The molecule has 13 heteroatoms. The molecule has 0 saturated heterocycles. The molecule has 0 saturated carbocycles. The van der Waals surface area contributed by atoms with E-state index in [-0.39, 0.29) is 25.0 Å². The minimum atomic E-state index is -1.60. The van der Waals surface area contributed by atoms with Gasteiger partial charge in [0.25, 0.3) is 0 Å². The minimum absolute atomic E-state index is 0.0196. The number of rotatable bonds is 15. The number of aliphatic carboxylic acids is 2. The number of carbonyl (C=O) groups excluding carboxylic acids is 3. The van der Waals surface area contributed by atoms with Crippen LogP contribution in [0.25, 0.3) is 0 Å². The maximum atomic E-state index is 13.2. The molecule has 0 aliphatic heterocycles. The van der Waals surface area contributed by atoms with Crippen LogP contribution in [0, 0.1) is 5.92 Å². The van der Waals surface area contributed by atoms with Gasteiger partial charge in [-0.05, 0) is 30.0 Å². The first-order valence-electron chi connectivity index (χ1n) is 11.4. The van der Waals surface area contributed by atoms with Crippen molar-refractivity contribution in [1.29, 1.82) is 0 Å². The van der Waals surface area contributed by atoms with Crippen LogP contribution in [-0.4, -0.2) is 80.9 Å². The second-order valence-electron chi connectivity index (χ2n) is 8.42. The van der Waals surface area contributed by atoms with Gasteiger partial charge in [0.2, 0.25) is 17.7 Å². The van der Waals surface area contributed by atoms with Gasteiger partial charge in [0.1, 0.15) is 23.9 Å². The van der Waals surface area contributed by atoms with Crippen molar-refractivity contribution >= 4 is 29.7 Å². The van der Waals surface area contributed by atoms with E-state index in [0.29, 0.717) is 12.0 Å². The Kier molecular flexibility index (Phi) is 12.3. The van der Waals surface area contributed by atoms with E-state index in [9.17, 15) is 34.2 Å². The van der Waals surface area contributed by atoms with Crippen molar-refractivity contribution in [3.8, 4) is 5.75 Å². The molecular weight excluding hydrogens is 476 g/mol. The van der Waals surface area contributed by atoms with E-state index in [4.69, 9.17) is 15.9 Å². The number of hydrogen-bond donors (Lipinski definition) is 8. The summed E-state index contributed by atoms with van der Waals surface area (Å²) < 4.78 is 0. The molecule has 9 N–H and O–H groups in total. The van der Waals surface area contributed by atoms with Gasteiger partial charge < -0.3 is 42.1 Å². The monoisotopic (exact) mass is 510 g/mol. The number of phenols is 1. The number of nitrogens with one attached hydrogen (secondary N) is 3. The quantitative estimate of drug-likeness (QED) is 0.139. The lowest BCUT2D eigenvalue weighted by Crippen LogP contribution is -2.59. The van der Waals surface area contributed by atoms with Crippen molar-refractivity contribution in [1.82, 2.24) is 16.0 Å². The molecule has 0 spiro atoms. The van der Waals surface area contributed by atoms with E-state index in [1.807, 2.05) is 0 Å². The van der Waals surface area contributed by atoms with Crippen molar-refractivity contribution in [3.05, 3.63) is 29.8 Å². The van der Waals surface area contributed by atoms with Gasteiger partial charge in [-0.2, -0.15) is 0 Å². The Morgan fingerprint density at radius 1 is 0.917 bits per heavy atom. The topological polar surface area (TPSA) is 228 Å². The van der Waals surface area contributed by atoms with E-state index in [1.54, 1.807) is 13.8 Å². The van der Waals surface area contributed by atoms with Gasteiger partial charge in [-0.25, -0.2) is 4.79 Å². The Morgan fingerprint density at radius 3 is 2.00 bits per heavy atom. The van der Waals surface area contributed by atoms with Gasteiger partial charge in [-0.15, -0.1) is 0 Å². The molecule has 0 radical (unpaired) electrons. The summed E-state index contributed by atoms with van der Waals surface area (Å²) in [7, 11) is 0. The van der Waals surface area contributed by atoms with E-state index in [2.05, 4.69) is 16.0 Å². The fourth-order valence-corrected chi connectivity index (χ4v) is 3.17. The SMILES string of the molecule is CCC(C)C(NC(=O)C(N)CCC(=O)O)C(=O)NC(Cc1ccc(O)cc1)C(=O)NC(CO)C(=O)O. The zero-order valence-electron chi connectivity index (χ0n) is 20.1. The Labute approximate surface area is 208 Å².